The fourth-order valence-corrected chi connectivity index (χ4v) is 6.16. The minimum atomic E-state index is -3.58. The predicted octanol–water partition coefficient (Wildman–Crippen LogP) is 3.92. The number of amides is 1. The SMILES string of the molecule is CC(=O)N1CC(C)Sc2ccc(S(=O)(=O)NC3CCCCCCC3)cc21. The van der Waals surface area contributed by atoms with Gasteiger partial charge in [-0.25, -0.2) is 13.1 Å². The molecule has 144 valence electrons. The first-order valence-corrected chi connectivity index (χ1v) is 11.8. The number of hydrogen-bond acceptors (Lipinski definition) is 4. The number of nitrogens with zero attached hydrogens (tertiary/aromatic N) is 1. The van der Waals surface area contributed by atoms with Crippen molar-refractivity contribution >= 4 is 33.4 Å². The van der Waals surface area contributed by atoms with E-state index in [4.69, 9.17) is 0 Å². The Hall–Kier alpha value is -1.05. The molecule has 26 heavy (non-hydrogen) atoms. The molecule has 1 atom stereocenters. The first-order valence-electron chi connectivity index (χ1n) is 9.48. The number of benzene rings is 1. The molecule has 1 aliphatic heterocycles. The van der Waals surface area contributed by atoms with Crippen molar-refractivity contribution in [3.63, 3.8) is 0 Å². The highest BCUT2D eigenvalue weighted by atomic mass is 32.2. The lowest BCUT2D eigenvalue weighted by Gasteiger charge is -2.32. The molecule has 0 aromatic heterocycles. The van der Waals surface area contributed by atoms with Crippen LogP contribution in [0, 0.1) is 0 Å². The lowest BCUT2D eigenvalue weighted by molar-refractivity contribution is -0.116. The van der Waals surface area contributed by atoms with Crippen LogP contribution in [0.25, 0.3) is 0 Å². The van der Waals surface area contributed by atoms with Gasteiger partial charge in [-0.3, -0.25) is 4.79 Å². The Kier molecular flexibility index (Phi) is 6.30. The van der Waals surface area contributed by atoms with Gasteiger partial charge in [0.15, 0.2) is 0 Å². The number of fused-ring (bicyclic) bond motifs is 1. The van der Waals surface area contributed by atoms with Gasteiger partial charge in [0.25, 0.3) is 0 Å². The minimum Gasteiger partial charge on any atom is -0.310 e. The molecule has 1 amide bonds. The maximum Gasteiger partial charge on any atom is 0.240 e. The molecule has 7 heteroatoms. The van der Waals surface area contributed by atoms with E-state index < -0.39 is 10.0 Å². The van der Waals surface area contributed by atoms with Crippen molar-refractivity contribution in [1.82, 2.24) is 4.72 Å². The Labute approximate surface area is 161 Å². The van der Waals surface area contributed by atoms with E-state index >= 15 is 0 Å². The molecular formula is C19H28N2O3S2. The first-order chi connectivity index (χ1) is 12.4. The Morgan fingerprint density at radius 2 is 1.81 bits per heavy atom. The number of sulfonamides is 1. The van der Waals surface area contributed by atoms with Crippen molar-refractivity contribution in [3.05, 3.63) is 18.2 Å². The van der Waals surface area contributed by atoms with Gasteiger partial charge in [0, 0.05) is 29.7 Å². The van der Waals surface area contributed by atoms with Crippen LogP contribution in [0.4, 0.5) is 5.69 Å². The highest BCUT2D eigenvalue weighted by Gasteiger charge is 2.28. The van der Waals surface area contributed by atoms with Crippen molar-refractivity contribution in [3.8, 4) is 0 Å². The molecule has 1 heterocycles. The van der Waals surface area contributed by atoms with Gasteiger partial charge in [-0.1, -0.05) is 39.0 Å². The van der Waals surface area contributed by atoms with E-state index in [9.17, 15) is 13.2 Å². The summed E-state index contributed by atoms with van der Waals surface area (Å²) in [6.45, 7) is 4.21. The average Bonchev–Trinajstić information content (AvgIpc) is 2.55. The molecule has 1 unspecified atom stereocenters. The number of anilines is 1. The fourth-order valence-electron chi connectivity index (χ4n) is 3.74. The third-order valence-electron chi connectivity index (χ3n) is 5.11. The minimum absolute atomic E-state index is 0.00893. The highest BCUT2D eigenvalue weighted by Crippen LogP contribution is 2.39. The lowest BCUT2D eigenvalue weighted by Crippen LogP contribution is -2.38. The average molecular weight is 397 g/mol. The number of rotatable bonds is 3. The number of nitrogens with one attached hydrogen (secondary N) is 1. The summed E-state index contributed by atoms with van der Waals surface area (Å²) in [5.41, 5.74) is 0.709. The molecule has 1 fully saturated rings. The Balaban J connectivity index is 1.84. The maximum atomic E-state index is 12.9. The quantitative estimate of drug-likeness (QED) is 0.841. The Bertz CT molecular complexity index is 756. The second kappa shape index (κ2) is 8.31. The van der Waals surface area contributed by atoms with E-state index in [1.54, 1.807) is 28.8 Å². The zero-order valence-electron chi connectivity index (χ0n) is 15.5. The van der Waals surface area contributed by atoms with E-state index in [0.29, 0.717) is 17.5 Å². The number of hydrogen-bond donors (Lipinski definition) is 1. The summed E-state index contributed by atoms with van der Waals surface area (Å²) in [5.74, 6) is -0.0547. The van der Waals surface area contributed by atoms with Crippen LogP contribution in [0.5, 0.6) is 0 Å². The highest BCUT2D eigenvalue weighted by molar-refractivity contribution is 8.00. The molecule has 1 saturated carbocycles. The van der Waals surface area contributed by atoms with E-state index in [-0.39, 0.29) is 16.8 Å². The molecule has 1 aliphatic carbocycles. The van der Waals surface area contributed by atoms with Crippen LogP contribution in [-0.2, 0) is 14.8 Å². The zero-order chi connectivity index (χ0) is 18.7. The van der Waals surface area contributed by atoms with Gasteiger partial charge >= 0.3 is 0 Å². The molecule has 0 spiro atoms. The molecule has 0 saturated heterocycles. The van der Waals surface area contributed by atoms with Gasteiger partial charge in [-0.15, -0.1) is 11.8 Å². The van der Waals surface area contributed by atoms with Gasteiger partial charge in [0.05, 0.1) is 10.6 Å². The van der Waals surface area contributed by atoms with Gasteiger partial charge in [0.1, 0.15) is 0 Å². The molecule has 0 bridgehead atoms. The summed E-state index contributed by atoms with van der Waals surface area (Å²) in [5, 5.41) is 0.293. The standard InChI is InChI=1S/C19H28N2O3S2/c1-14-13-21(15(2)22)18-12-17(10-11-19(18)25-14)26(23,24)20-16-8-6-4-3-5-7-9-16/h10-12,14,16,20H,3-9,13H2,1-2H3. The Morgan fingerprint density at radius 1 is 1.15 bits per heavy atom. The Morgan fingerprint density at radius 3 is 2.46 bits per heavy atom. The van der Waals surface area contributed by atoms with Crippen molar-refractivity contribution in [1.29, 1.82) is 0 Å². The fraction of sp³-hybridized carbons (Fsp3) is 0.632. The van der Waals surface area contributed by atoms with Gasteiger partial charge in [-0.2, -0.15) is 0 Å². The smallest absolute Gasteiger partial charge is 0.240 e. The predicted molar refractivity (Wildman–Crippen MR) is 106 cm³/mol. The van der Waals surface area contributed by atoms with Crippen LogP contribution < -0.4 is 9.62 Å². The van der Waals surface area contributed by atoms with E-state index in [2.05, 4.69) is 11.6 Å². The number of carbonyl (C=O) groups excluding carboxylic acids is 1. The third kappa shape index (κ3) is 4.61. The van der Waals surface area contributed by atoms with Crippen LogP contribution >= 0.6 is 11.8 Å². The molecule has 1 N–H and O–H groups in total. The van der Waals surface area contributed by atoms with Gasteiger partial charge in [0.2, 0.25) is 15.9 Å². The normalized spacial score (nSPS) is 22.4. The van der Waals surface area contributed by atoms with Gasteiger partial charge in [-0.05, 0) is 31.0 Å². The zero-order valence-corrected chi connectivity index (χ0v) is 17.2. The van der Waals surface area contributed by atoms with Gasteiger partial charge < -0.3 is 4.90 Å². The van der Waals surface area contributed by atoms with Crippen LogP contribution in [0.3, 0.4) is 0 Å². The van der Waals surface area contributed by atoms with E-state index in [0.717, 1.165) is 30.6 Å². The number of carbonyl (C=O) groups is 1. The van der Waals surface area contributed by atoms with Crippen LogP contribution in [0.15, 0.2) is 28.0 Å². The molecule has 1 aromatic rings. The summed E-state index contributed by atoms with van der Waals surface area (Å²) >= 11 is 1.68. The third-order valence-corrected chi connectivity index (χ3v) is 7.78. The van der Waals surface area contributed by atoms with Crippen molar-refractivity contribution in [2.45, 2.75) is 79.9 Å². The lowest BCUT2D eigenvalue weighted by atomic mass is 9.97. The summed E-state index contributed by atoms with van der Waals surface area (Å²) in [6, 6.07) is 5.15. The van der Waals surface area contributed by atoms with Crippen LogP contribution in [-0.4, -0.2) is 32.2 Å². The largest absolute Gasteiger partial charge is 0.310 e. The van der Waals surface area contributed by atoms with Crippen LogP contribution in [0.2, 0.25) is 0 Å². The number of thioether (sulfide) groups is 1. The molecule has 2 aliphatic rings. The van der Waals surface area contributed by atoms with Crippen molar-refractivity contribution in [2.75, 3.05) is 11.4 Å². The first kappa shape index (κ1) is 19.7. The summed E-state index contributed by atoms with van der Waals surface area (Å²) in [7, 11) is -3.58. The van der Waals surface area contributed by atoms with E-state index in [1.165, 1.54) is 26.2 Å². The molecule has 5 nitrogen and oxygen atoms in total. The van der Waals surface area contributed by atoms with Crippen molar-refractivity contribution < 1.29 is 13.2 Å². The maximum absolute atomic E-state index is 12.9. The molecule has 1 aromatic carbocycles. The monoisotopic (exact) mass is 396 g/mol. The summed E-state index contributed by atoms with van der Waals surface area (Å²) in [6.07, 6.45) is 7.56. The molecular weight excluding hydrogens is 368 g/mol. The topological polar surface area (TPSA) is 66.5 Å². The van der Waals surface area contributed by atoms with Crippen molar-refractivity contribution in [2.24, 2.45) is 0 Å². The van der Waals surface area contributed by atoms with E-state index in [1.807, 2.05) is 6.07 Å². The molecule has 3 rings (SSSR count). The second-order valence-electron chi connectivity index (χ2n) is 7.35. The summed E-state index contributed by atoms with van der Waals surface area (Å²) < 4.78 is 28.7. The second-order valence-corrected chi connectivity index (χ2v) is 10.5. The molecule has 0 radical (unpaired) electrons. The van der Waals surface area contributed by atoms with Crippen LogP contribution in [0.1, 0.15) is 58.8 Å². The summed E-state index contributed by atoms with van der Waals surface area (Å²) in [4.78, 5) is 14.9.